The van der Waals surface area contributed by atoms with Crippen LogP contribution in [0.15, 0.2) is 0 Å². The minimum Gasteiger partial charge on any atom is -0.460 e. The number of nitrogens with zero attached hydrogens (tertiary/aromatic N) is 1. The third-order valence-corrected chi connectivity index (χ3v) is 3.20. The second-order valence-electron chi connectivity index (χ2n) is 9.94. The summed E-state index contributed by atoms with van der Waals surface area (Å²) in [5.41, 5.74) is -1.66. The van der Waals surface area contributed by atoms with Crippen molar-refractivity contribution in [1.82, 2.24) is 10.2 Å². The van der Waals surface area contributed by atoms with E-state index >= 15 is 0 Å². The molecule has 1 N–H and O–H groups in total. The summed E-state index contributed by atoms with van der Waals surface area (Å²) in [4.78, 5) is 37.7. The summed E-state index contributed by atoms with van der Waals surface area (Å²) in [7, 11) is 0. The number of esters is 2. The van der Waals surface area contributed by atoms with Crippen LogP contribution in [0.2, 0.25) is 0 Å². The fourth-order valence-corrected chi connectivity index (χ4v) is 2.25. The van der Waals surface area contributed by atoms with Gasteiger partial charge in [0.2, 0.25) is 0 Å². The fraction of sp³-hybridized carbons (Fsp3) is 0.857. The Kier molecular flexibility index (Phi) is 10.7. The summed E-state index contributed by atoms with van der Waals surface area (Å²) in [5.74, 6) is -0.611. The lowest BCUT2D eigenvalue weighted by Gasteiger charge is -2.25. The molecule has 0 saturated carbocycles. The molecular formula is C21H40N2O6. The number of rotatable bonds is 9. The molecule has 1 amide bonds. The zero-order chi connectivity index (χ0) is 22.9. The van der Waals surface area contributed by atoms with Crippen LogP contribution in [0.25, 0.3) is 0 Å². The molecule has 0 aliphatic rings. The third-order valence-electron chi connectivity index (χ3n) is 3.20. The van der Waals surface area contributed by atoms with Crippen LogP contribution in [-0.4, -0.2) is 65.9 Å². The molecule has 29 heavy (non-hydrogen) atoms. The van der Waals surface area contributed by atoms with Gasteiger partial charge in [0.25, 0.3) is 0 Å². The lowest BCUT2D eigenvalue weighted by Crippen LogP contribution is -2.40. The van der Waals surface area contributed by atoms with E-state index in [1.807, 2.05) is 46.4 Å². The van der Waals surface area contributed by atoms with Crippen LogP contribution in [0.5, 0.6) is 0 Å². The molecule has 0 radical (unpaired) electrons. The zero-order valence-electron chi connectivity index (χ0n) is 19.6. The van der Waals surface area contributed by atoms with Crippen molar-refractivity contribution in [3.8, 4) is 0 Å². The van der Waals surface area contributed by atoms with Crippen molar-refractivity contribution >= 4 is 18.0 Å². The van der Waals surface area contributed by atoms with E-state index in [9.17, 15) is 14.4 Å². The smallest absolute Gasteiger partial charge is 0.407 e. The Balaban J connectivity index is 4.64. The monoisotopic (exact) mass is 416 g/mol. The van der Waals surface area contributed by atoms with Crippen molar-refractivity contribution in [2.24, 2.45) is 0 Å². The van der Waals surface area contributed by atoms with E-state index < -0.39 is 22.9 Å². The Labute approximate surface area is 175 Å². The molecule has 0 rings (SSSR count). The highest BCUT2D eigenvalue weighted by Crippen LogP contribution is 2.11. The fourth-order valence-electron chi connectivity index (χ4n) is 2.25. The van der Waals surface area contributed by atoms with E-state index in [4.69, 9.17) is 14.2 Å². The number of carbonyl (C=O) groups excluding carboxylic acids is 3. The number of hydrogen-bond donors (Lipinski definition) is 1. The van der Waals surface area contributed by atoms with Crippen LogP contribution in [0.4, 0.5) is 4.79 Å². The SMILES string of the molecule is CC(C)(C)OC(=O)CCN(CCNC(=O)OC(C)(C)C)CCC(=O)OC(C)(C)C. The molecule has 0 unspecified atom stereocenters. The lowest BCUT2D eigenvalue weighted by molar-refractivity contribution is -0.155. The molecule has 0 aliphatic carbocycles. The summed E-state index contributed by atoms with van der Waals surface area (Å²) >= 11 is 0. The highest BCUT2D eigenvalue weighted by molar-refractivity contribution is 5.71. The van der Waals surface area contributed by atoms with Crippen molar-refractivity contribution in [3.05, 3.63) is 0 Å². The van der Waals surface area contributed by atoms with Crippen LogP contribution >= 0.6 is 0 Å². The van der Waals surface area contributed by atoms with E-state index in [0.29, 0.717) is 26.2 Å². The highest BCUT2D eigenvalue weighted by atomic mass is 16.6. The van der Waals surface area contributed by atoms with Gasteiger partial charge in [-0.2, -0.15) is 0 Å². The molecule has 0 aliphatic heterocycles. The Bertz CT molecular complexity index is 509. The molecule has 0 spiro atoms. The molecule has 0 atom stereocenters. The number of alkyl carbamates (subject to hydrolysis) is 1. The van der Waals surface area contributed by atoms with Gasteiger partial charge in [0, 0.05) is 26.2 Å². The van der Waals surface area contributed by atoms with Gasteiger partial charge in [-0.1, -0.05) is 0 Å². The van der Waals surface area contributed by atoms with Crippen LogP contribution in [0.1, 0.15) is 75.2 Å². The Hall–Kier alpha value is -1.83. The number of hydrogen-bond acceptors (Lipinski definition) is 7. The molecule has 0 aromatic rings. The Morgan fingerprint density at radius 3 is 1.38 bits per heavy atom. The van der Waals surface area contributed by atoms with E-state index in [1.54, 1.807) is 20.8 Å². The number of nitrogens with one attached hydrogen (secondary N) is 1. The van der Waals surface area contributed by atoms with Gasteiger partial charge < -0.3 is 24.4 Å². The molecule has 8 nitrogen and oxygen atoms in total. The van der Waals surface area contributed by atoms with Gasteiger partial charge in [-0.25, -0.2) is 4.79 Å². The van der Waals surface area contributed by atoms with Gasteiger partial charge in [-0.05, 0) is 62.3 Å². The normalized spacial score (nSPS) is 12.5. The van der Waals surface area contributed by atoms with Crippen molar-refractivity contribution < 1.29 is 28.6 Å². The van der Waals surface area contributed by atoms with E-state index in [0.717, 1.165) is 0 Å². The first-order valence-corrected chi connectivity index (χ1v) is 10.1. The van der Waals surface area contributed by atoms with Crippen molar-refractivity contribution in [1.29, 1.82) is 0 Å². The topological polar surface area (TPSA) is 94.2 Å². The van der Waals surface area contributed by atoms with Crippen LogP contribution in [-0.2, 0) is 23.8 Å². The van der Waals surface area contributed by atoms with E-state index in [1.165, 1.54) is 0 Å². The molecule has 0 aromatic carbocycles. The second kappa shape index (κ2) is 11.4. The summed E-state index contributed by atoms with van der Waals surface area (Å²) in [6, 6.07) is 0. The van der Waals surface area contributed by atoms with Crippen LogP contribution < -0.4 is 5.32 Å². The van der Waals surface area contributed by atoms with Crippen LogP contribution in [0.3, 0.4) is 0 Å². The maximum atomic E-state index is 12.0. The largest absolute Gasteiger partial charge is 0.460 e. The predicted molar refractivity (Wildman–Crippen MR) is 112 cm³/mol. The highest BCUT2D eigenvalue weighted by Gasteiger charge is 2.20. The van der Waals surface area contributed by atoms with Crippen molar-refractivity contribution in [2.45, 2.75) is 92.0 Å². The maximum absolute atomic E-state index is 12.0. The minimum absolute atomic E-state index is 0.192. The summed E-state index contributed by atoms with van der Waals surface area (Å²) in [5, 5.41) is 2.69. The van der Waals surface area contributed by atoms with Crippen molar-refractivity contribution in [3.63, 3.8) is 0 Å². The lowest BCUT2D eigenvalue weighted by atomic mass is 10.2. The molecule has 170 valence electrons. The van der Waals surface area contributed by atoms with E-state index in [-0.39, 0.29) is 24.8 Å². The molecule has 8 heteroatoms. The van der Waals surface area contributed by atoms with Gasteiger partial charge in [-0.15, -0.1) is 0 Å². The zero-order valence-corrected chi connectivity index (χ0v) is 19.6. The van der Waals surface area contributed by atoms with Crippen molar-refractivity contribution in [2.75, 3.05) is 26.2 Å². The average Bonchev–Trinajstić information content (AvgIpc) is 2.43. The average molecular weight is 417 g/mol. The number of carbonyl (C=O) groups is 3. The number of ether oxygens (including phenoxy) is 3. The molecule has 0 saturated heterocycles. The summed E-state index contributed by atoms with van der Waals surface area (Å²) in [6.07, 6.45) is -0.118. The quantitative estimate of drug-likeness (QED) is 0.455. The molecule has 0 heterocycles. The maximum Gasteiger partial charge on any atom is 0.407 e. The van der Waals surface area contributed by atoms with Gasteiger partial charge in [0.05, 0.1) is 12.8 Å². The summed E-state index contributed by atoms with van der Waals surface area (Å²) in [6.45, 7) is 17.9. The van der Waals surface area contributed by atoms with E-state index in [2.05, 4.69) is 5.32 Å². The first kappa shape index (κ1) is 27.2. The Morgan fingerprint density at radius 1 is 0.655 bits per heavy atom. The summed E-state index contributed by atoms with van der Waals surface area (Å²) < 4.78 is 15.9. The molecular weight excluding hydrogens is 376 g/mol. The van der Waals surface area contributed by atoms with Gasteiger partial charge in [-0.3, -0.25) is 9.59 Å². The Morgan fingerprint density at radius 2 is 1.03 bits per heavy atom. The predicted octanol–water partition coefficient (Wildman–Crippen LogP) is 3.28. The first-order valence-electron chi connectivity index (χ1n) is 10.1. The van der Waals surface area contributed by atoms with Crippen LogP contribution in [0, 0.1) is 0 Å². The van der Waals surface area contributed by atoms with Gasteiger partial charge in [0.15, 0.2) is 0 Å². The molecule has 0 fully saturated rings. The van der Waals surface area contributed by atoms with Gasteiger partial charge >= 0.3 is 18.0 Å². The molecule has 0 aromatic heterocycles. The second-order valence-corrected chi connectivity index (χ2v) is 9.94. The number of amides is 1. The van der Waals surface area contributed by atoms with Gasteiger partial charge in [0.1, 0.15) is 16.8 Å². The third kappa shape index (κ3) is 18.0. The standard InChI is InChI=1S/C21H40N2O6/c1-19(2,3)27-16(24)10-13-23(14-11-17(25)28-20(4,5)6)15-12-22-18(26)29-21(7,8)9/h10-15H2,1-9H3,(H,22,26). The molecule has 0 bridgehead atoms. The minimum atomic E-state index is -0.572. The first-order chi connectivity index (χ1) is 13.0.